The molecule has 112 valence electrons. The minimum absolute atomic E-state index is 0.0103. The van der Waals surface area contributed by atoms with Gasteiger partial charge < -0.3 is 15.0 Å². The van der Waals surface area contributed by atoms with Crippen LogP contribution in [0.3, 0.4) is 0 Å². The van der Waals surface area contributed by atoms with Gasteiger partial charge in [-0.1, -0.05) is 19.8 Å². The smallest absolute Gasteiger partial charge is 0.267 e. The van der Waals surface area contributed by atoms with E-state index in [4.69, 9.17) is 4.74 Å². The number of hydrogen-bond acceptors (Lipinski definition) is 2. The Balaban J connectivity index is 1.77. The second kappa shape index (κ2) is 5.80. The predicted molar refractivity (Wildman–Crippen MR) is 83.7 cm³/mol. The Kier molecular flexibility index (Phi) is 3.86. The molecule has 21 heavy (non-hydrogen) atoms. The van der Waals surface area contributed by atoms with Gasteiger partial charge in [0.25, 0.3) is 5.91 Å². The van der Waals surface area contributed by atoms with E-state index in [0.29, 0.717) is 17.7 Å². The number of carbonyl (C=O) groups excluding carboxylic acids is 1. The molecule has 0 saturated heterocycles. The molecule has 1 aliphatic rings. The third-order valence-corrected chi connectivity index (χ3v) is 4.50. The van der Waals surface area contributed by atoms with Gasteiger partial charge in [-0.05, 0) is 37.0 Å². The lowest BCUT2D eigenvalue weighted by Crippen LogP contribution is -2.41. The highest BCUT2D eigenvalue weighted by Crippen LogP contribution is 2.25. The Morgan fingerprint density at radius 2 is 2.10 bits per heavy atom. The number of aromatic amines is 1. The largest absolute Gasteiger partial charge is 0.497 e. The van der Waals surface area contributed by atoms with Crippen LogP contribution >= 0.6 is 0 Å². The number of fused-ring (bicyclic) bond motifs is 1. The van der Waals surface area contributed by atoms with Gasteiger partial charge in [0.2, 0.25) is 0 Å². The highest BCUT2D eigenvalue weighted by molar-refractivity contribution is 5.98. The molecular formula is C17H22N2O2. The molecule has 1 aromatic heterocycles. The number of H-pyrrole nitrogens is 1. The summed E-state index contributed by atoms with van der Waals surface area (Å²) in [7, 11) is 1.64. The Morgan fingerprint density at radius 3 is 2.86 bits per heavy atom. The standard InChI is InChI=1S/C17H22N2O2/c1-11-5-3-4-6-14(11)19-17(20)16-9-12-7-8-13(21-2)10-15(12)18-16/h7-11,14,18H,3-6H2,1-2H3,(H,19,20)/t11-,14+/m0/s1. The van der Waals surface area contributed by atoms with Crippen LogP contribution in [0.2, 0.25) is 0 Å². The van der Waals surface area contributed by atoms with Crippen molar-refractivity contribution in [2.24, 2.45) is 5.92 Å². The van der Waals surface area contributed by atoms with Gasteiger partial charge in [0.1, 0.15) is 11.4 Å². The van der Waals surface area contributed by atoms with Gasteiger partial charge in [0.15, 0.2) is 0 Å². The summed E-state index contributed by atoms with van der Waals surface area (Å²) in [5, 5.41) is 4.20. The molecule has 0 unspecified atom stereocenters. The highest BCUT2D eigenvalue weighted by Gasteiger charge is 2.23. The molecule has 0 bridgehead atoms. The third-order valence-electron chi connectivity index (χ3n) is 4.50. The monoisotopic (exact) mass is 286 g/mol. The van der Waals surface area contributed by atoms with E-state index in [2.05, 4.69) is 17.2 Å². The molecule has 1 heterocycles. The summed E-state index contributed by atoms with van der Waals surface area (Å²) in [6.07, 6.45) is 4.77. The quantitative estimate of drug-likeness (QED) is 0.907. The Morgan fingerprint density at radius 1 is 1.29 bits per heavy atom. The lowest BCUT2D eigenvalue weighted by atomic mass is 9.86. The number of rotatable bonds is 3. The average Bonchev–Trinajstić information content (AvgIpc) is 2.92. The Labute approximate surface area is 124 Å². The van der Waals surface area contributed by atoms with Gasteiger partial charge in [-0.15, -0.1) is 0 Å². The molecular weight excluding hydrogens is 264 g/mol. The first-order valence-corrected chi connectivity index (χ1v) is 7.65. The normalized spacial score (nSPS) is 22.2. The second-order valence-electron chi connectivity index (χ2n) is 5.98. The van der Waals surface area contributed by atoms with Crippen LogP contribution in [0.25, 0.3) is 10.9 Å². The van der Waals surface area contributed by atoms with Crippen molar-refractivity contribution in [3.8, 4) is 5.75 Å². The molecule has 2 N–H and O–H groups in total. The molecule has 0 aliphatic heterocycles. The van der Waals surface area contributed by atoms with Crippen molar-refractivity contribution in [1.29, 1.82) is 0 Å². The van der Waals surface area contributed by atoms with Crippen molar-refractivity contribution in [2.75, 3.05) is 7.11 Å². The number of aromatic nitrogens is 1. The lowest BCUT2D eigenvalue weighted by molar-refractivity contribution is 0.0906. The first kappa shape index (κ1) is 14.0. The number of methoxy groups -OCH3 is 1. The first-order valence-electron chi connectivity index (χ1n) is 7.65. The average molecular weight is 286 g/mol. The van der Waals surface area contributed by atoms with E-state index in [1.807, 2.05) is 24.3 Å². The molecule has 1 amide bonds. The van der Waals surface area contributed by atoms with Crippen molar-refractivity contribution >= 4 is 16.8 Å². The molecule has 1 saturated carbocycles. The van der Waals surface area contributed by atoms with Crippen LogP contribution in [0.5, 0.6) is 5.75 Å². The zero-order chi connectivity index (χ0) is 14.8. The van der Waals surface area contributed by atoms with E-state index < -0.39 is 0 Å². The minimum Gasteiger partial charge on any atom is -0.497 e. The van der Waals surface area contributed by atoms with E-state index in [1.165, 1.54) is 19.3 Å². The fourth-order valence-corrected chi connectivity index (χ4v) is 3.13. The van der Waals surface area contributed by atoms with Crippen LogP contribution in [-0.4, -0.2) is 24.0 Å². The fourth-order valence-electron chi connectivity index (χ4n) is 3.13. The van der Waals surface area contributed by atoms with Gasteiger partial charge in [-0.3, -0.25) is 4.79 Å². The summed E-state index contributed by atoms with van der Waals surface area (Å²) < 4.78 is 5.21. The van der Waals surface area contributed by atoms with Gasteiger partial charge >= 0.3 is 0 Å². The van der Waals surface area contributed by atoms with Crippen molar-refractivity contribution in [2.45, 2.75) is 38.6 Å². The summed E-state index contributed by atoms with van der Waals surface area (Å²) in [4.78, 5) is 15.6. The van der Waals surface area contributed by atoms with E-state index in [9.17, 15) is 4.79 Å². The summed E-state index contributed by atoms with van der Waals surface area (Å²) in [5.74, 6) is 1.34. The van der Waals surface area contributed by atoms with Gasteiger partial charge in [0.05, 0.1) is 7.11 Å². The molecule has 3 rings (SSSR count). The van der Waals surface area contributed by atoms with Crippen LogP contribution in [0.4, 0.5) is 0 Å². The predicted octanol–water partition coefficient (Wildman–Crippen LogP) is 3.49. The number of carbonyl (C=O) groups is 1. The summed E-state index contributed by atoms with van der Waals surface area (Å²) in [6, 6.07) is 7.98. The van der Waals surface area contributed by atoms with Crippen LogP contribution in [0, 0.1) is 5.92 Å². The number of amides is 1. The van der Waals surface area contributed by atoms with Crippen molar-refractivity contribution in [3.63, 3.8) is 0 Å². The fraction of sp³-hybridized carbons (Fsp3) is 0.471. The molecule has 2 aromatic rings. The minimum atomic E-state index is -0.0103. The van der Waals surface area contributed by atoms with Gasteiger partial charge in [0, 0.05) is 23.0 Å². The number of nitrogens with one attached hydrogen (secondary N) is 2. The molecule has 4 heteroatoms. The van der Waals surface area contributed by atoms with E-state index in [0.717, 1.165) is 23.1 Å². The van der Waals surface area contributed by atoms with Crippen LogP contribution < -0.4 is 10.1 Å². The number of benzene rings is 1. The molecule has 4 nitrogen and oxygen atoms in total. The highest BCUT2D eigenvalue weighted by atomic mass is 16.5. The number of hydrogen-bond donors (Lipinski definition) is 2. The zero-order valence-corrected chi connectivity index (χ0v) is 12.6. The maximum absolute atomic E-state index is 12.4. The number of ether oxygens (including phenoxy) is 1. The van der Waals surface area contributed by atoms with Crippen LogP contribution in [-0.2, 0) is 0 Å². The first-order chi connectivity index (χ1) is 10.2. The van der Waals surface area contributed by atoms with E-state index in [1.54, 1.807) is 7.11 Å². The summed E-state index contributed by atoms with van der Waals surface area (Å²) in [5.41, 5.74) is 1.55. The maximum Gasteiger partial charge on any atom is 0.267 e. The lowest BCUT2D eigenvalue weighted by Gasteiger charge is -2.29. The topological polar surface area (TPSA) is 54.1 Å². The van der Waals surface area contributed by atoms with E-state index in [-0.39, 0.29) is 5.91 Å². The molecule has 0 spiro atoms. The third kappa shape index (κ3) is 2.89. The van der Waals surface area contributed by atoms with Crippen molar-refractivity contribution in [1.82, 2.24) is 10.3 Å². The summed E-state index contributed by atoms with van der Waals surface area (Å²) in [6.45, 7) is 2.22. The Bertz CT molecular complexity index is 647. The molecule has 2 atom stereocenters. The zero-order valence-electron chi connectivity index (χ0n) is 12.6. The van der Waals surface area contributed by atoms with Crippen LogP contribution in [0.1, 0.15) is 43.1 Å². The van der Waals surface area contributed by atoms with E-state index >= 15 is 0 Å². The second-order valence-corrected chi connectivity index (χ2v) is 5.98. The molecule has 1 aliphatic carbocycles. The molecule has 0 radical (unpaired) electrons. The molecule has 1 aromatic carbocycles. The van der Waals surface area contributed by atoms with Gasteiger partial charge in [-0.25, -0.2) is 0 Å². The van der Waals surface area contributed by atoms with Crippen molar-refractivity contribution in [3.05, 3.63) is 30.0 Å². The van der Waals surface area contributed by atoms with Gasteiger partial charge in [-0.2, -0.15) is 0 Å². The maximum atomic E-state index is 12.4. The molecule has 1 fully saturated rings. The van der Waals surface area contributed by atoms with Crippen molar-refractivity contribution < 1.29 is 9.53 Å². The summed E-state index contributed by atoms with van der Waals surface area (Å²) >= 11 is 0. The Hall–Kier alpha value is -1.97. The SMILES string of the molecule is COc1ccc2cc(C(=O)N[C@@H]3CCCC[C@@H]3C)[nH]c2c1. The van der Waals surface area contributed by atoms with Crippen LogP contribution in [0.15, 0.2) is 24.3 Å².